The standard InChI is InChI=1S/C22H22N4O2S/c1-14-5-7-16(8-6-14)20(27)26-22-25-19-17(3-2-4-18(19)29-22)21(28)24-13-15-9-11-23-12-10-15/h5-12,17H,2-4,13H2,1H3,(H,24,28)(H,25,26,27). The molecule has 7 heteroatoms. The zero-order valence-electron chi connectivity index (χ0n) is 16.1. The van der Waals surface area contributed by atoms with Crippen LogP contribution in [0.15, 0.2) is 48.8 Å². The first kappa shape index (κ1) is 19.3. The van der Waals surface area contributed by atoms with Gasteiger partial charge < -0.3 is 5.32 Å². The summed E-state index contributed by atoms with van der Waals surface area (Å²) < 4.78 is 0. The lowest BCUT2D eigenvalue weighted by atomic mass is 9.90. The Labute approximate surface area is 173 Å². The lowest BCUT2D eigenvalue weighted by Crippen LogP contribution is -2.31. The number of benzene rings is 1. The minimum absolute atomic E-state index is 0.0236. The number of hydrogen-bond donors (Lipinski definition) is 2. The zero-order valence-corrected chi connectivity index (χ0v) is 17.0. The molecule has 0 aliphatic heterocycles. The van der Waals surface area contributed by atoms with Crippen LogP contribution in [0.5, 0.6) is 0 Å². The predicted molar refractivity (Wildman–Crippen MR) is 113 cm³/mol. The highest BCUT2D eigenvalue weighted by molar-refractivity contribution is 7.16. The fourth-order valence-corrected chi connectivity index (χ4v) is 4.47. The minimum Gasteiger partial charge on any atom is -0.351 e. The average Bonchev–Trinajstić information content (AvgIpc) is 3.15. The number of anilines is 1. The SMILES string of the molecule is Cc1ccc(C(=O)Nc2nc3c(s2)CCCC3C(=O)NCc2ccncc2)cc1. The Morgan fingerprint density at radius 3 is 2.66 bits per heavy atom. The van der Waals surface area contributed by atoms with Gasteiger partial charge in [0.05, 0.1) is 11.6 Å². The van der Waals surface area contributed by atoms with E-state index in [0.717, 1.165) is 41.0 Å². The van der Waals surface area contributed by atoms with Crippen LogP contribution >= 0.6 is 11.3 Å². The number of rotatable bonds is 5. The Hall–Kier alpha value is -3.06. The summed E-state index contributed by atoms with van der Waals surface area (Å²) in [7, 11) is 0. The van der Waals surface area contributed by atoms with Crippen molar-refractivity contribution in [2.24, 2.45) is 0 Å². The van der Waals surface area contributed by atoms with Crippen LogP contribution < -0.4 is 10.6 Å². The number of carbonyl (C=O) groups is 2. The molecule has 0 saturated carbocycles. The quantitative estimate of drug-likeness (QED) is 0.674. The number of nitrogens with zero attached hydrogens (tertiary/aromatic N) is 2. The summed E-state index contributed by atoms with van der Waals surface area (Å²) in [5.74, 6) is -0.485. The van der Waals surface area contributed by atoms with Crippen molar-refractivity contribution in [1.29, 1.82) is 0 Å². The zero-order chi connectivity index (χ0) is 20.2. The van der Waals surface area contributed by atoms with Crippen molar-refractivity contribution < 1.29 is 9.59 Å². The van der Waals surface area contributed by atoms with Gasteiger partial charge in [0.1, 0.15) is 0 Å². The molecular formula is C22H22N4O2S. The molecule has 29 heavy (non-hydrogen) atoms. The first-order chi connectivity index (χ1) is 14.1. The van der Waals surface area contributed by atoms with Crippen LogP contribution in [-0.2, 0) is 17.8 Å². The highest BCUT2D eigenvalue weighted by Crippen LogP contribution is 2.37. The van der Waals surface area contributed by atoms with E-state index in [0.29, 0.717) is 17.2 Å². The van der Waals surface area contributed by atoms with Gasteiger partial charge in [0.15, 0.2) is 5.13 Å². The summed E-state index contributed by atoms with van der Waals surface area (Å²) in [6, 6.07) is 11.2. The van der Waals surface area contributed by atoms with Crippen molar-refractivity contribution in [1.82, 2.24) is 15.3 Å². The van der Waals surface area contributed by atoms with E-state index >= 15 is 0 Å². The van der Waals surface area contributed by atoms with Crippen molar-refractivity contribution in [2.75, 3.05) is 5.32 Å². The molecule has 0 saturated heterocycles. The molecule has 2 aromatic heterocycles. The number of amides is 2. The van der Waals surface area contributed by atoms with Crippen LogP contribution in [0.1, 0.15) is 50.8 Å². The number of nitrogens with one attached hydrogen (secondary N) is 2. The van der Waals surface area contributed by atoms with Crippen LogP contribution in [-0.4, -0.2) is 21.8 Å². The van der Waals surface area contributed by atoms with Crippen LogP contribution in [0.25, 0.3) is 0 Å². The van der Waals surface area contributed by atoms with Gasteiger partial charge in [0.25, 0.3) is 5.91 Å². The van der Waals surface area contributed by atoms with E-state index in [1.807, 2.05) is 31.2 Å². The average molecular weight is 407 g/mol. The van der Waals surface area contributed by atoms with Crippen molar-refractivity contribution >= 4 is 28.3 Å². The largest absolute Gasteiger partial charge is 0.351 e. The van der Waals surface area contributed by atoms with Crippen LogP contribution in [0.4, 0.5) is 5.13 Å². The van der Waals surface area contributed by atoms with E-state index < -0.39 is 0 Å². The minimum atomic E-state index is -0.276. The van der Waals surface area contributed by atoms with Gasteiger partial charge in [0, 0.05) is 29.4 Å². The lowest BCUT2D eigenvalue weighted by Gasteiger charge is -2.20. The first-order valence-electron chi connectivity index (χ1n) is 9.64. The fraction of sp³-hybridized carbons (Fsp3) is 0.273. The molecule has 3 aromatic rings. The third kappa shape index (κ3) is 4.51. The summed E-state index contributed by atoms with van der Waals surface area (Å²) in [5.41, 5.74) is 3.50. The molecule has 148 valence electrons. The third-order valence-corrected chi connectivity index (χ3v) is 6.07. The summed E-state index contributed by atoms with van der Waals surface area (Å²) in [4.78, 5) is 34.9. The maximum Gasteiger partial charge on any atom is 0.257 e. The molecule has 1 atom stereocenters. The van der Waals surface area contributed by atoms with E-state index in [1.165, 1.54) is 11.3 Å². The molecule has 2 heterocycles. The predicted octanol–water partition coefficient (Wildman–Crippen LogP) is 3.84. The maximum atomic E-state index is 12.8. The second-order valence-corrected chi connectivity index (χ2v) is 8.25. The van der Waals surface area contributed by atoms with Crippen LogP contribution in [0, 0.1) is 6.92 Å². The summed E-state index contributed by atoms with van der Waals surface area (Å²) in [6.45, 7) is 2.45. The van der Waals surface area contributed by atoms with Gasteiger partial charge in [-0.05, 0) is 56.0 Å². The monoisotopic (exact) mass is 406 g/mol. The number of aromatic nitrogens is 2. The van der Waals surface area contributed by atoms with E-state index in [1.54, 1.807) is 24.5 Å². The Balaban J connectivity index is 1.45. The molecule has 1 aliphatic rings. The Morgan fingerprint density at radius 2 is 1.90 bits per heavy atom. The van der Waals surface area contributed by atoms with E-state index in [2.05, 4.69) is 20.6 Å². The highest BCUT2D eigenvalue weighted by atomic mass is 32.1. The molecule has 2 N–H and O–H groups in total. The van der Waals surface area contributed by atoms with Crippen molar-refractivity contribution in [3.8, 4) is 0 Å². The molecule has 1 unspecified atom stereocenters. The maximum absolute atomic E-state index is 12.8. The molecule has 6 nitrogen and oxygen atoms in total. The molecule has 1 aliphatic carbocycles. The van der Waals surface area contributed by atoms with Gasteiger partial charge >= 0.3 is 0 Å². The van der Waals surface area contributed by atoms with Gasteiger partial charge in [-0.2, -0.15) is 0 Å². The summed E-state index contributed by atoms with van der Waals surface area (Å²) in [5, 5.41) is 6.43. The first-order valence-corrected chi connectivity index (χ1v) is 10.5. The second kappa shape index (κ2) is 8.53. The number of aryl methyl sites for hydroxylation is 2. The number of hydrogen-bond acceptors (Lipinski definition) is 5. The number of pyridine rings is 1. The molecule has 4 rings (SSSR count). The van der Waals surface area contributed by atoms with Gasteiger partial charge in [-0.15, -0.1) is 11.3 Å². The normalized spacial score (nSPS) is 15.4. The van der Waals surface area contributed by atoms with Gasteiger partial charge in [-0.25, -0.2) is 4.98 Å². The fourth-order valence-electron chi connectivity index (χ4n) is 3.41. The van der Waals surface area contributed by atoms with Crippen molar-refractivity contribution in [3.63, 3.8) is 0 Å². The van der Waals surface area contributed by atoms with E-state index in [4.69, 9.17) is 0 Å². The topological polar surface area (TPSA) is 84.0 Å². The van der Waals surface area contributed by atoms with E-state index in [9.17, 15) is 9.59 Å². The Morgan fingerprint density at radius 1 is 1.14 bits per heavy atom. The molecule has 0 spiro atoms. The molecule has 0 bridgehead atoms. The molecule has 1 aromatic carbocycles. The highest BCUT2D eigenvalue weighted by Gasteiger charge is 2.30. The van der Waals surface area contributed by atoms with Crippen LogP contribution in [0.3, 0.4) is 0 Å². The van der Waals surface area contributed by atoms with Crippen LogP contribution in [0.2, 0.25) is 0 Å². The lowest BCUT2D eigenvalue weighted by molar-refractivity contribution is -0.123. The molecule has 0 radical (unpaired) electrons. The van der Waals surface area contributed by atoms with Crippen molar-refractivity contribution in [3.05, 3.63) is 76.1 Å². The molecule has 2 amide bonds. The smallest absolute Gasteiger partial charge is 0.257 e. The Kier molecular flexibility index (Phi) is 5.67. The summed E-state index contributed by atoms with van der Waals surface area (Å²) in [6.07, 6.45) is 6.02. The van der Waals surface area contributed by atoms with Gasteiger partial charge in [0.2, 0.25) is 5.91 Å². The van der Waals surface area contributed by atoms with Crippen molar-refractivity contribution in [2.45, 2.75) is 38.6 Å². The Bertz CT molecular complexity index is 1020. The van der Waals surface area contributed by atoms with E-state index in [-0.39, 0.29) is 17.7 Å². The third-order valence-electron chi connectivity index (χ3n) is 5.02. The van der Waals surface area contributed by atoms with Gasteiger partial charge in [-0.3, -0.25) is 19.9 Å². The summed E-state index contributed by atoms with van der Waals surface area (Å²) >= 11 is 1.47. The number of carbonyl (C=O) groups excluding carboxylic acids is 2. The molecule has 0 fully saturated rings. The number of thiazole rings is 1. The second-order valence-electron chi connectivity index (χ2n) is 7.17. The molecular weight excluding hydrogens is 384 g/mol. The number of fused-ring (bicyclic) bond motifs is 1. The van der Waals surface area contributed by atoms with Gasteiger partial charge in [-0.1, -0.05) is 17.7 Å².